The molecule has 0 aliphatic carbocycles. The molecule has 2 heterocycles. The van der Waals surface area contributed by atoms with Crippen LogP contribution in [0.2, 0.25) is 10.0 Å². The third-order valence-corrected chi connectivity index (χ3v) is 4.88. The highest BCUT2D eigenvalue weighted by atomic mass is 35.5. The predicted molar refractivity (Wildman–Crippen MR) is 92.1 cm³/mol. The van der Waals surface area contributed by atoms with E-state index in [9.17, 15) is 0 Å². The van der Waals surface area contributed by atoms with Crippen LogP contribution < -0.4 is 0 Å². The number of hydrogen-bond donors (Lipinski definition) is 0. The van der Waals surface area contributed by atoms with Crippen molar-refractivity contribution in [3.8, 4) is 0 Å². The first-order valence-corrected chi connectivity index (χ1v) is 8.78. The van der Waals surface area contributed by atoms with E-state index in [4.69, 9.17) is 27.6 Å². The Labute approximate surface area is 146 Å². The molecule has 1 saturated heterocycles. The van der Waals surface area contributed by atoms with Crippen LogP contribution in [-0.4, -0.2) is 28.2 Å². The minimum atomic E-state index is 0.281. The standard InChI is InChI=1S/C17H21Cl2N3O/c1-11(2)16-20-21-17(23-16)12-5-7-22(8-6-12)10-13-3-4-14(18)9-15(13)19/h3-4,9,11-12H,5-8,10H2,1-2H3. The molecule has 1 aliphatic rings. The number of rotatable bonds is 4. The fourth-order valence-electron chi connectivity index (χ4n) is 2.87. The van der Waals surface area contributed by atoms with Gasteiger partial charge in [-0.3, -0.25) is 4.90 Å². The maximum Gasteiger partial charge on any atom is 0.219 e. The Balaban J connectivity index is 1.57. The van der Waals surface area contributed by atoms with Gasteiger partial charge in [0.05, 0.1) is 0 Å². The van der Waals surface area contributed by atoms with Gasteiger partial charge in [-0.25, -0.2) is 0 Å². The highest BCUT2D eigenvalue weighted by molar-refractivity contribution is 6.35. The molecule has 6 heteroatoms. The first-order valence-electron chi connectivity index (χ1n) is 8.02. The van der Waals surface area contributed by atoms with E-state index in [1.54, 1.807) is 6.07 Å². The average molecular weight is 354 g/mol. The van der Waals surface area contributed by atoms with Crippen molar-refractivity contribution in [1.82, 2.24) is 15.1 Å². The zero-order valence-electron chi connectivity index (χ0n) is 13.4. The number of nitrogens with zero attached hydrogens (tertiary/aromatic N) is 3. The van der Waals surface area contributed by atoms with Crippen LogP contribution in [0.1, 0.15) is 55.9 Å². The molecule has 2 aromatic rings. The molecule has 0 bridgehead atoms. The van der Waals surface area contributed by atoms with Crippen LogP contribution in [0, 0.1) is 0 Å². The van der Waals surface area contributed by atoms with Crippen LogP contribution in [0.25, 0.3) is 0 Å². The Bertz CT molecular complexity index is 664. The molecule has 0 radical (unpaired) electrons. The van der Waals surface area contributed by atoms with E-state index in [0.29, 0.717) is 10.9 Å². The summed E-state index contributed by atoms with van der Waals surface area (Å²) in [6.45, 7) is 6.99. The van der Waals surface area contributed by atoms with E-state index in [-0.39, 0.29) is 5.92 Å². The van der Waals surface area contributed by atoms with E-state index in [0.717, 1.165) is 54.8 Å². The molecule has 1 aliphatic heterocycles. The first kappa shape index (κ1) is 16.7. The van der Waals surface area contributed by atoms with Gasteiger partial charge in [0, 0.05) is 28.4 Å². The lowest BCUT2D eigenvalue weighted by atomic mass is 9.96. The molecule has 3 rings (SSSR count). The van der Waals surface area contributed by atoms with Gasteiger partial charge in [-0.2, -0.15) is 0 Å². The summed E-state index contributed by atoms with van der Waals surface area (Å²) in [6.07, 6.45) is 2.07. The zero-order chi connectivity index (χ0) is 16.4. The Kier molecular flexibility index (Phi) is 5.24. The zero-order valence-corrected chi connectivity index (χ0v) is 14.9. The number of likely N-dealkylation sites (tertiary alicyclic amines) is 1. The summed E-state index contributed by atoms with van der Waals surface area (Å²) in [5, 5.41) is 9.77. The molecular formula is C17H21Cl2N3O. The molecule has 4 nitrogen and oxygen atoms in total. The summed E-state index contributed by atoms with van der Waals surface area (Å²) in [4.78, 5) is 2.41. The minimum absolute atomic E-state index is 0.281. The minimum Gasteiger partial charge on any atom is -0.425 e. The molecule has 0 atom stereocenters. The molecule has 0 saturated carbocycles. The summed E-state index contributed by atoms with van der Waals surface area (Å²) in [5.74, 6) is 2.17. The Morgan fingerprint density at radius 3 is 2.57 bits per heavy atom. The maximum atomic E-state index is 6.26. The molecule has 0 N–H and O–H groups in total. The molecule has 0 unspecified atom stereocenters. The van der Waals surface area contributed by atoms with Crippen molar-refractivity contribution in [2.75, 3.05) is 13.1 Å². The van der Waals surface area contributed by atoms with Crippen LogP contribution in [-0.2, 0) is 6.54 Å². The smallest absolute Gasteiger partial charge is 0.219 e. The van der Waals surface area contributed by atoms with Crippen molar-refractivity contribution < 1.29 is 4.42 Å². The average Bonchev–Trinajstić information content (AvgIpc) is 3.01. The fourth-order valence-corrected chi connectivity index (χ4v) is 3.34. The van der Waals surface area contributed by atoms with E-state index in [1.165, 1.54) is 0 Å². The van der Waals surface area contributed by atoms with Crippen molar-refractivity contribution in [2.24, 2.45) is 0 Å². The van der Waals surface area contributed by atoms with Crippen molar-refractivity contribution in [3.05, 3.63) is 45.6 Å². The second-order valence-electron chi connectivity index (χ2n) is 6.42. The number of benzene rings is 1. The second-order valence-corrected chi connectivity index (χ2v) is 7.26. The van der Waals surface area contributed by atoms with Gasteiger partial charge in [-0.1, -0.05) is 43.1 Å². The Morgan fingerprint density at radius 1 is 1.22 bits per heavy atom. The van der Waals surface area contributed by atoms with Crippen molar-refractivity contribution in [3.63, 3.8) is 0 Å². The van der Waals surface area contributed by atoms with Gasteiger partial charge in [0.25, 0.3) is 0 Å². The third kappa shape index (κ3) is 4.06. The Morgan fingerprint density at radius 2 is 1.96 bits per heavy atom. The SMILES string of the molecule is CC(C)c1nnc(C2CCN(Cc3ccc(Cl)cc3Cl)CC2)o1. The third-order valence-electron chi connectivity index (χ3n) is 4.30. The Hall–Kier alpha value is -1.10. The molecular weight excluding hydrogens is 333 g/mol. The van der Waals surface area contributed by atoms with Gasteiger partial charge in [0.1, 0.15) is 0 Å². The summed E-state index contributed by atoms with van der Waals surface area (Å²) in [5.41, 5.74) is 1.12. The van der Waals surface area contributed by atoms with Gasteiger partial charge in [0.2, 0.25) is 11.8 Å². The van der Waals surface area contributed by atoms with E-state index < -0.39 is 0 Å². The molecule has 1 aromatic heterocycles. The molecule has 124 valence electrons. The highest BCUT2D eigenvalue weighted by Crippen LogP contribution is 2.30. The summed E-state index contributed by atoms with van der Waals surface area (Å²) >= 11 is 12.2. The molecule has 0 amide bonds. The van der Waals surface area contributed by atoms with Gasteiger partial charge in [-0.05, 0) is 43.6 Å². The lowest BCUT2D eigenvalue weighted by molar-refractivity contribution is 0.191. The molecule has 23 heavy (non-hydrogen) atoms. The van der Waals surface area contributed by atoms with Crippen LogP contribution >= 0.6 is 23.2 Å². The van der Waals surface area contributed by atoms with Crippen LogP contribution in [0.15, 0.2) is 22.6 Å². The number of aromatic nitrogens is 2. The van der Waals surface area contributed by atoms with Crippen LogP contribution in [0.4, 0.5) is 0 Å². The lowest BCUT2D eigenvalue weighted by Gasteiger charge is -2.30. The topological polar surface area (TPSA) is 42.2 Å². The van der Waals surface area contributed by atoms with Gasteiger partial charge in [0.15, 0.2) is 0 Å². The number of hydrogen-bond acceptors (Lipinski definition) is 4. The van der Waals surface area contributed by atoms with Gasteiger partial charge in [-0.15, -0.1) is 10.2 Å². The highest BCUT2D eigenvalue weighted by Gasteiger charge is 2.25. The lowest BCUT2D eigenvalue weighted by Crippen LogP contribution is -2.32. The summed E-state index contributed by atoms with van der Waals surface area (Å²) in [6, 6.07) is 5.70. The van der Waals surface area contributed by atoms with Gasteiger partial charge >= 0.3 is 0 Å². The van der Waals surface area contributed by atoms with Crippen LogP contribution in [0.3, 0.4) is 0 Å². The van der Waals surface area contributed by atoms with E-state index in [1.807, 2.05) is 12.1 Å². The predicted octanol–water partition coefficient (Wildman–Crippen LogP) is 4.88. The number of halogens is 2. The largest absolute Gasteiger partial charge is 0.425 e. The number of piperidine rings is 1. The monoisotopic (exact) mass is 353 g/mol. The van der Waals surface area contributed by atoms with Gasteiger partial charge < -0.3 is 4.42 Å². The first-order chi connectivity index (χ1) is 11.0. The molecule has 1 aromatic carbocycles. The van der Waals surface area contributed by atoms with Crippen molar-refractivity contribution >= 4 is 23.2 Å². The fraction of sp³-hybridized carbons (Fsp3) is 0.529. The summed E-state index contributed by atoms with van der Waals surface area (Å²) < 4.78 is 5.79. The summed E-state index contributed by atoms with van der Waals surface area (Å²) in [7, 11) is 0. The van der Waals surface area contributed by atoms with Crippen LogP contribution in [0.5, 0.6) is 0 Å². The normalized spacial score (nSPS) is 17.1. The van der Waals surface area contributed by atoms with E-state index >= 15 is 0 Å². The maximum absolute atomic E-state index is 6.26. The van der Waals surface area contributed by atoms with Crippen molar-refractivity contribution in [1.29, 1.82) is 0 Å². The molecule has 0 spiro atoms. The quantitative estimate of drug-likeness (QED) is 0.785. The molecule has 1 fully saturated rings. The van der Waals surface area contributed by atoms with E-state index in [2.05, 4.69) is 28.9 Å². The van der Waals surface area contributed by atoms with Crippen molar-refractivity contribution in [2.45, 2.75) is 45.1 Å². The second kappa shape index (κ2) is 7.20.